The van der Waals surface area contributed by atoms with Crippen LogP contribution in [0.15, 0.2) is 24.5 Å². The third-order valence-corrected chi connectivity index (χ3v) is 3.65. The molecule has 0 radical (unpaired) electrons. The normalized spacial score (nSPS) is 24.3. The van der Waals surface area contributed by atoms with E-state index in [1.54, 1.807) is 24.3 Å². The quantitative estimate of drug-likeness (QED) is 0.812. The number of pyridine rings is 1. The molecule has 1 fully saturated rings. The highest BCUT2D eigenvalue weighted by atomic mass is 16.2. The van der Waals surface area contributed by atoms with Crippen molar-refractivity contribution in [3.8, 4) is 6.07 Å². The molecule has 100 valence electrons. The second kappa shape index (κ2) is 5.81. The van der Waals surface area contributed by atoms with Crippen LogP contribution in [-0.4, -0.2) is 46.4 Å². The standard InChI is InChI=1S/C14H18N4O/c1-11-9-18(10-12-4-7-16-8-5-12)13(3-6-15)14(19)17(11)2/h4-5,7-8,11,13H,3,9-10H2,1-2H3. The number of aromatic nitrogens is 1. The van der Waals surface area contributed by atoms with E-state index in [-0.39, 0.29) is 24.4 Å². The van der Waals surface area contributed by atoms with E-state index >= 15 is 0 Å². The first kappa shape index (κ1) is 13.5. The van der Waals surface area contributed by atoms with E-state index in [0.29, 0.717) is 6.54 Å². The van der Waals surface area contributed by atoms with Crippen molar-refractivity contribution in [3.63, 3.8) is 0 Å². The molecule has 2 heterocycles. The summed E-state index contributed by atoms with van der Waals surface area (Å²) >= 11 is 0. The number of rotatable bonds is 3. The lowest BCUT2D eigenvalue weighted by Crippen LogP contribution is -2.59. The van der Waals surface area contributed by atoms with Gasteiger partial charge in [0, 0.05) is 38.6 Å². The van der Waals surface area contributed by atoms with E-state index in [4.69, 9.17) is 5.26 Å². The highest BCUT2D eigenvalue weighted by molar-refractivity contribution is 5.83. The van der Waals surface area contributed by atoms with Gasteiger partial charge in [0.25, 0.3) is 0 Å². The number of piperazine rings is 1. The van der Waals surface area contributed by atoms with Gasteiger partial charge in [0.15, 0.2) is 0 Å². The number of carbonyl (C=O) groups excluding carboxylic acids is 1. The van der Waals surface area contributed by atoms with Crippen molar-refractivity contribution in [2.24, 2.45) is 0 Å². The van der Waals surface area contributed by atoms with E-state index in [1.807, 2.05) is 19.1 Å². The minimum Gasteiger partial charge on any atom is -0.340 e. The van der Waals surface area contributed by atoms with E-state index in [2.05, 4.69) is 16.0 Å². The van der Waals surface area contributed by atoms with Gasteiger partial charge in [-0.25, -0.2) is 0 Å². The van der Waals surface area contributed by atoms with Gasteiger partial charge in [-0.2, -0.15) is 5.26 Å². The van der Waals surface area contributed by atoms with E-state index < -0.39 is 0 Å². The average Bonchev–Trinajstić information content (AvgIpc) is 2.42. The van der Waals surface area contributed by atoms with Crippen LogP contribution in [0.2, 0.25) is 0 Å². The first-order valence-electron chi connectivity index (χ1n) is 6.40. The zero-order valence-corrected chi connectivity index (χ0v) is 11.3. The van der Waals surface area contributed by atoms with Gasteiger partial charge in [-0.1, -0.05) is 0 Å². The molecular weight excluding hydrogens is 240 g/mol. The molecule has 5 nitrogen and oxygen atoms in total. The third-order valence-electron chi connectivity index (χ3n) is 3.65. The van der Waals surface area contributed by atoms with Crippen LogP contribution >= 0.6 is 0 Å². The number of nitrogens with zero attached hydrogens (tertiary/aromatic N) is 4. The number of nitriles is 1. The van der Waals surface area contributed by atoms with Crippen LogP contribution in [0.1, 0.15) is 18.9 Å². The molecule has 19 heavy (non-hydrogen) atoms. The Balaban J connectivity index is 2.16. The predicted octanol–water partition coefficient (Wildman–Crippen LogP) is 1.03. The van der Waals surface area contributed by atoms with Gasteiger partial charge < -0.3 is 4.90 Å². The molecule has 1 aromatic rings. The van der Waals surface area contributed by atoms with E-state index in [9.17, 15) is 4.79 Å². The molecule has 0 saturated carbocycles. The zero-order valence-electron chi connectivity index (χ0n) is 11.3. The summed E-state index contributed by atoms with van der Waals surface area (Å²) in [6, 6.07) is 5.84. The molecule has 1 saturated heterocycles. The Bertz CT molecular complexity index is 482. The van der Waals surface area contributed by atoms with Crippen LogP contribution in [0.4, 0.5) is 0 Å². The Labute approximate surface area is 113 Å². The zero-order chi connectivity index (χ0) is 13.8. The summed E-state index contributed by atoms with van der Waals surface area (Å²) in [5.74, 6) is 0.0364. The van der Waals surface area contributed by atoms with Gasteiger partial charge in [0.05, 0.1) is 12.5 Å². The number of carbonyl (C=O) groups is 1. The molecule has 1 aliphatic heterocycles. The fourth-order valence-electron chi connectivity index (χ4n) is 2.40. The topological polar surface area (TPSA) is 60.2 Å². The highest BCUT2D eigenvalue weighted by Gasteiger charge is 2.36. The number of hydrogen-bond donors (Lipinski definition) is 0. The van der Waals surface area contributed by atoms with Crippen LogP contribution in [0.5, 0.6) is 0 Å². The van der Waals surface area contributed by atoms with Gasteiger partial charge in [0.2, 0.25) is 5.91 Å². The van der Waals surface area contributed by atoms with E-state index in [1.165, 1.54) is 0 Å². The van der Waals surface area contributed by atoms with Gasteiger partial charge in [-0.05, 0) is 24.6 Å². The highest BCUT2D eigenvalue weighted by Crippen LogP contribution is 2.19. The predicted molar refractivity (Wildman–Crippen MR) is 70.9 cm³/mol. The average molecular weight is 258 g/mol. The Morgan fingerprint density at radius 3 is 2.79 bits per heavy atom. The fraction of sp³-hybridized carbons (Fsp3) is 0.500. The maximum atomic E-state index is 12.2. The van der Waals surface area contributed by atoms with Crippen molar-refractivity contribution < 1.29 is 4.79 Å². The molecule has 5 heteroatoms. The SMILES string of the molecule is CC1CN(Cc2ccncc2)C(CC#N)C(=O)N1C. The Hall–Kier alpha value is -1.93. The molecule has 2 atom stereocenters. The Kier molecular flexibility index (Phi) is 4.13. The first-order valence-corrected chi connectivity index (χ1v) is 6.40. The summed E-state index contributed by atoms with van der Waals surface area (Å²) < 4.78 is 0. The van der Waals surface area contributed by atoms with E-state index in [0.717, 1.165) is 12.1 Å². The second-order valence-electron chi connectivity index (χ2n) is 4.96. The summed E-state index contributed by atoms with van der Waals surface area (Å²) in [5.41, 5.74) is 1.11. The summed E-state index contributed by atoms with van der Waals surface area (Å²) in [5, 5.41) is 8.91. The first-order chi connectivity index (χ1) is 9.13. The van der Waals surface area contributed by atoms with Crippen LogP contribution in [0.25, 0.3) is 0 Å². The summed E-state index contributed by atoms with van der Waals surface area (Å²) in [4.78, 5) is 20.1. The summed E-state index contributed by atoms with van der Waals surface area (Å²) in [6.07, 6.45) is 3.73. The monoisotopic (exact) mass is 258 g/mol. The smallest absolute Gasteiger partial charge is 0.241 e. The van der Waals surface area contributed by atoms with Crippen molar-refractivity contribution in [1.82, 2.24) is 14.8 Å². The lowest BCUT2D eigenvalue weighted by atomic mass is 10.0. The van der Waals surface area contributed by atoms with Crippen LogP contribution < -0.4 is 0 Å². The molecule has 0 spiro atoms. The molecular formula is C14H18N4O. The summed E-state index contributed by atoms with van der Waals surface area (Å²) in [7, 11) is 1.81. The number of amides is 1. The Morgan fingerprint density at radius 1 is 1.47 bits per heavy atom. The minimum atomic E-state index is -0.334. The third kappa shape index (κ3) is 2.91. The molecule has 0 bridgehead atoms. The van der Waals surface area contributed by atoms with Crippen LogP contribution in [0.3, 0.4) is 0 Å². The Morgan fingerprint density at radius 2 is 2.16 bits per heavy atom. The lowest BCUT2D eigenvalue weighted by Gasteiger charge is -2.42. The fourth-order valence-corrected chi connectivity index (χ4v) is 2.40. The van der Waals surface area contributed by atoms with Crippen molar-refractivity contribution >= 4 is 5.91 Å². The molecule has 2 rings (SSSR count). The minimum absolute atomic E-state index is 0.0364. The largest absolute Gasteiger partial charge is 0.340 e. The number of hydrogen-bond acceptors (Lipinski definition) is 4. The van der Waals surface area contributed by atoms with Crippen LogP contribution in [-0.2, 0) is 11.3 Å². The van der Waals surface area contributed by atoms with Gasteiger partial charge >= 0.3 is 0 Å². The molecule has 0 N–H and O–H groups in total. The van der Waals surface area contributed by atoms with Gasteiger partial charge in [0.1, 0.15) is 6.04 Å². The van der Waals surface area contributed by atoms with Crippen molar-refractivity contribution in [2.45, 2.75) is 32.0 Å². The summed E-state index contributed by atoms with van der Waals surface area (Å²) in [6.45, 7) is 3.50. The molecule has 0 aromatic carbocycles. The van der Waals surface area contributed by atoms with Crippen molar-refractivity contribution in [2.75, 3.05) is 13.6 Å². The molecule has 2 unspecified atom stereocenters. The van der Waals surface area contributed by atoms with Crippen molar-refractivity contribution in [1.29, 1.82) is 5.26 Å². The molecule has 1 aromatic heterocycles. The number of likely N-dealkylation sites (N-methyl/N-ethyl adjacent to an activating group) is 1. The van der Waals surface area contributed by atoms with Crippen molar-refractivity contribution in [3.05, 3.63) is 30.1 Å². The maximum absolute atomic E-state index is 12.2. The maximum Gasteiger partial charge on any atom is 0.241 e. The molecule has 0 aliphatic carbocycles. The molecule has 1 aliphatic rings. The van der Waals surface area contributed by atoms with Crippen LogP contribution in [0, 0.1) is 11.3 Å². The second-order valence-corrected chi connectivity index (χ2v) is 4.96. The molecule has 1 amide bonds. The van der Waals surface area contributed by atoms with Gasteiger partial charge in [-0.3, -0.25) is 14.7 Å². The van der Waals surface area contributed by atoms with Gasteiger partial charge in [-0.15, -0.1) is 0 Å². The lowest BCUT2D eigenvalue weighted by molar-refractivity contribution is -0.143.